The van der Waals surface area contributed by atoms with Crippen LogP contribution in [-0.2, 0) is 19.4 Å². The molecular weight excluding hydrogens is 341 g/mol. The molecule has 1 amide bonds. The first-order valence-electron chi connectivity index (χ1n) is 5.76. The fourth-order valence-electron chi connectivity index (χ4n) is 1.63. The molecule has 1 fully saturated rings. The Hall–Kier alpha value is -0.930. The maximum Gasteiger partial charge on any atom is 0.254 e. The maximum atomic E-state index is 11.8. The molecular formula is C11H17Cl2N3O4S. The lowest BCUT2D eigenvalue weighted by Gasteiger charge is -2.22. The number of nitrogens with zero attached hydrogens (tertiary/aromatic N) is 1. The van der Waals surface area contributed by atoms with Crippen LogP contribution in [0.1, 0.15) is 0 Å². The second kappa shape index (κ2) is 8.50. The Morgan fingerprint density at radius 2 is 2.14 bits per heavy atom. The molecule has 0 aromatic carbocycles. The smallest absolute Gasteiger partial charge is 0.254 e. The number of hydrogen-bond donors (Lipinski definition) is 2. The Morgan fingerprint density at radius 1 is 1.43 bits per heavy atom. The van der Waals surface area contributed by atoms with E-state index in [4.69, 9.17) is 4.74 Å². The summed E-state index contributed by atoms with van der Waals surface area (Å²) in [5, 5.41) is 5.65. The summed E-state index contributed by atoms with van der Waals surface area (Å²) < 4.78 is 27.8. The lowest BCUT2D eigenvalue weighted by molar-refractivity contribution is -0.128. The van der Waals surface area contributed by atoms with Crippen molar-refractivity contribution in [3.63, 3.8) is 0 Å². The minimum absolute atomic E-state index is 0. The van der Waals surface area contributed by atoms with Crippen molar-refractivity contribution < 1.29 is 17.9 Å². The van der Waals surface area contributed by atoms with Gasteiger partial charge in [0.2, 0.25) is 0 Å². The zero-order chi connectivity index (χ0) is 13.9. The number of sulfone groups is 1. The summed E-state index contributed by atoms with van der Waals surface area (Å²) in [7, 11) is -3.33. The van der Waals surface area contributed by atoms with Crippen LogP contribution in [0.15, 0.2) is 23.4 Å². The summed E-state index contributed by atoms with van der Waals surface area (Å²) in [4.78, 5) is 15.6. The fourth-order valence-corrected chi connectivity index (χ4v) is 2.19. The van der Waals surface area contributed by atoms with Crippen LogP contribution in [0.3, 0.4) is 0 Å². The van der Waals surface area contributed by atoms with Gasteiger partial charge in [0, 0.05) is 19.3 Å². The number of ether oxygens (including phenoxy) is 1. The van der Waals surface area contributed by atoms with Crippen molar-refractivity contribution in [3.05, 3.63) is 18.3 Å². The highest BCUT2D eigenvalue weighted by molar-refractivity contribution is 7.90. The number of nitrogens with one attached hydrogen (secondary N) is 2. The van der Waals surface area contributed by atoms with Crippen LogP contribution < -0.4 is 10.6 Å². The number of rotatable bonds is 3. The predicted octanol–water partition coefficient (Wildman–Crippen LogP) is 0.256. The molecule has 21 heavy (non-hydrogen) atoms. The molecule has 1 aromatic rings. The predicted molar refractivity (Wildman–Crippen MR) is 83.1 cm³/mol. The molecule has 1 aliphatic rings. The summed E-state index contributed by atoms with van der Waals surface area (Å²) in [5.74, 6) is -0.277. The van der Waals surface area contributed by atoms with Crippen LogP contribution in [0.25, 0.3) is 0 Å². The third kappa shape index (κ3) is 5.76. The Balaban J connectivity index is 0.00000200. The Labute approximate surface area is 135 Å². The van der Waals surface area contributed by atoms with E-state index in [2.05, 4.69) is 15.6 Å². The average molecular weight is 358 g/mol. The minimum Gasteiger partial charge on any atom is -0.366 e. The van der Waals surface area contributed by atoms with Gasteiger partial charge in [-0.05, 0) is 12.1 Å². The number of halogens is 2. The topological polar surface area (TPSA) is 97.4 Å². The summed E-state index contributed by atoms with van der Waals surface area (Å²) >= 11 is 0. The highest BCUT2D eigenvalue weighted by Gasteiger charge is 2.21. The third-order valence-corrected chi connectivity index (χ3v) is 3.61. The van der Waals surface area contributed by atoms with Gasteiger partial charge in [-0.15, -0.1) is 24.8 Å². The van der Waals surface area contributed by atoms with Crippen molar-refractivity contribution in [2.24, 2.45) is 0 Å². The van der Waals surface area contributed by atoms with Crippen molar-refractivity contribution in [1.29, 1.82) is 0 Å². The first-order chi connectivity index (χ1) is 8.97. The van der Waals surface area contributed by atoms with Gasteiger partial charge in [-0.2, -0.15) is 0 Å². The first kappa shape index (κ1) is 20.1. The number of amides is 1. The van der Waals surface area contributed by atoms with Gasteiger partial charge in [0.15, 0.2) is 14.9 Å². The van der Waals surface area contributed by atoms with Crippen LogP contribution in [0.5, 0.6) is 0 Å². The van der Waals surface area contributed by atoms with Crippen LogP contribution in [0.2, 0.25) is 0 Å². The zero-order valence-corrected chi connectivity index (χ0v) is 13.7. The Bertz CT molecular complexity index is 559. The van der Waals surface area contributed by atoms with Crippen LogP contribution >= 0.6 is 24.8 Å². The molecule has 2 rings (SSSR count). The van der Waals surface area contributed by atoms with Crippen LogP contribution in [-0.4, -0.2) is 51.4 Å². The highest BCUT2D eigenvalue weighted by Crippen LogP contribution is 2.11. The van der Waals surface area contributed by atoms with E-state index in [0.29, 0.717) is 18.8 Å². The molecule has 2 heterocycles. The quantitative estimate of drug-likeness (QED) is 0.804. The molecule has 1 aliphatic heterocycles. The monoisotopic (exact) mass is 357 g/mol. The summed E-state index contributed by atoms with van der Waals surface area (Å²) in [6.07, 6.45) is 1.85. The van der Waals surface area contributed by atoms with Crippen molar-refractivity contribution in [2.75, 3.05) is 31.3 Å². The maximum absolute atomic E-state index is 11.8. The molecule has 0 radical (unpaired) electrons. The molecule has 2 N–H and O–H groups in total. The van der Waals surface area contributed by atoms with E-state index in [-0.39, 0.29) is 35.7 Å². The largest absolute Gasteiger partial charge is 0.366 e. The van der Waals surface area contributed by atoms with Gasteiger partial charge in [-0.3, -0.25) is 4.79 Å². The SMILES string of the molecule is CS(=O)(=O)c1ccc(NC(=O)C2CNCCO2)cn1.Cl.Cl. The summed E-state index contributed by atoms with van der Waals surface area (Å²) in [6, 6.07) is 2.85. The molecule has 1 unspecified atom stereocenters. The molecule has 7 nitrogen and oxygen atoms in total. The average Bonchev–Trinajstić information content (AvgIpc) is 2.39. The number of anilines is 1. The normalized spacial score (nSPS) is 18.0. The Kier molecular flexibility index (Phi) is 8.12. The molecule has 0 bridgehead atoms. The van der Waals surface area contributed by atoms with Gasteiger partial charge in [-0.1, -0.05) is 0 Å². The van der Waals surface area contributed by atoms with Gasteiger partial charge in [0.1, 0.15) is 6.10 Å². The lowest BCUT2D eigenvalue weighted by atomic mass is 10.3. The van der Waals surface area contributed by atoms with Crippen LogP contribution in [0.4, 0.5) is 5.69 Å². The van der Waals surface area contributed by atoms with Gasteiger partial charge in [0.05, 0.1) is 18.5 Å². The second-order valence-corrected chi connectivity index (χ2v) is 6.17. The molecule has 0 spiro atoms. The lowest BCUT2D eigenvalue weighted by Crippen LogP contribution is -2.45. The first-order valence-corrected chi connectivity index (χ1v) is 7.65. The molecule has 1 atom stereocenters. The van der Waals surface area contributed by atoms with E-state index in [1.54, 1.807) is 0 Å². The van der Waals surface area contributed by atoms with Gasteiger partial charge < -0.3 is 15.4 Å². The molecule has 0 saturated carbocycles. The van der Waals surface area contributed by atoms with E-state index in [0.717, 1.165) is 12.8 Å². The van der Waals surface area contributed by atoms with Gasteiger partial charge >= 0.3 is 0 Å². The van der Waals surface area contributed by atoms with E-state index in [1.807, 2.05) is 0 Å². The highest BCUT2D eigenvalue weighted by atomic mass is 35.5. The summed E-state index contributed by atoms with van der Waals surface area (Å²) in [6.45, 7) is 1.68. The van der Waals surface area contributed by atoms with E-state index < -0.39 is 15.9 Å². The van der Waals surface area contributed by atoms with E-state index >= 15 is 0 Å². The number of carbonyl (C=O) groups excluding carboxylic acids is 1. The van der Waals surface area contributed by atoms with Gasteiger partial charge in [0.25, 0.3) is 5.91 Å². The van der Waals surface area contributed by atoms with E-state index in [1.165, 1.54) is 18.3 Å². The fraction of sp³-hybridized carbons (Fsp3) is 0.455. The Morgan fingerprint density at radius 3 is 2.62 bits per heavy atom. The second-order valence-electron chi connectivity index (χ2n) is 4.21. The van der Waals surface area contributed by atoms with Crippen LogP contribution in [0, 0.1) is 0 Å². The standard InChI is InChI=1S/C11H15N3O4S.2ClH/c1-19(16,17)10-3-2-8(6-13-10)14-11(15)9-7-12-4-5-18-9;;/h2-3,6,9,12H,4-5,7H2,1H3,(H,14,15);2*1H. The third-order valence-electron chi connectivity index (χ3n) is 2.60. The molecule has 1 aromatic heterocycles. The molecule has 0 aliphatic carbocycles. The summed E-state index contributed by atoms with van der Waals surface area (Å²) in [5.41, 5.74) is 0.437. The van der Waals surface area contributed by atoms with Crippen molar-refractivity contribution in [1.82, 2.24) is 10.3 Å². The minimum atomic E-state index is -3.33. The molecule has 120 valence electrons. The van der Waals surface area contributed by atoms with Crippen molar-refractivity contribution >= 4 is 46.2 Å². The van der Waals surface area contributed by atoms with Crippen molar-refractivity contribution in [2.45, 2.75) is 11.1 Å². The molecule has 10 heteroatoms. The zero-order valence-electron chi connectivity index (χ0n) is 11.2. The van der Waals surface area contributed by atoms with E-state index in [9.17, 15) is 13.2 Å². The number of carbonyl (C=O) groups is 1. The molecule has 1 saturated heterocycles. The van der Waals surface area contributed by atoms with Crippen molar-refractivity contribution in [3.8, 4) is 0 Å². The number of pyridine rings is 1. The number of hydrogen-bond acceptors (Lipinski definition) is 6. The number of morpholine rings is 1. The number of aromatic nitrogens is 1. The van der Waals surface area contributed by atoms with Gasteiger partial charge in [-0.25, -0.2) is 13.4 Å².